The molecule has 22 heavy (non-hydrogen) atoms. The molecule has 4 nitrogen and oxygen atoms in total. The first-order valence-corrected chi connectivity index (χ1v) is 7.47. The van der Waals surface area contributed by atoms with Gasteiger partial charge >= 0.3 is 6.18 Å². The number of rotatable bonds is 3. The summed E-state index contributed by atoms with van der Waals surface area (Å²) in [7, 11) is 0. The Labute approximate surface area is 128 Å². The Bertz CT molecular complexity index is 831. The van der Waals surface area contributed by atoms with Crippen LogP contribution in [0.4, 0.5) is 13.2 Å². The zero-order chi connectivity index (χ0) is 15.9. The molecular formula is C14H12F3N3OS. The number of aliphatic hydroxyl groups excluding tert-OH is 1. The summed E-state index contributed by atoms with van der Waals surface area (Å²) in [5.74, 6) is -0.521. The number of thioether (sulfide) groups is 1. The number of para-hydroxylation sites is 1. The first kappa shape index (κ1) is 15.1. The summed E-state index contributed by atoms with van der Waals surface area (Å²) in [6.45, 7) is 1.94. The van der Waals surface area contributed by atoms with Crippen LogP contribution in [0.15, 0.2) is 35.5 Å². The molecule has 0 amide bonds. The highest BCUT2D eigenvalue weighted by atomic mass is 32.2. The Morgan fingerprint density at radius 2 is 2.00 bits per heavy atom. The van der Waals surface area contributed by atoms with Crippen molar-refractivity contribution in [3.8, 4) is 0 Å². The van der Waals surface area contributed by atoms with Crippen molar-refractivity contribution < 1.29 is 18.3 Å². The van der Waals surface area contributed by atoms with Crippen molar-refractivity contribution in [2.45, 2.75) is 24.4 Å². The summed E-state index contributed by atoms with van der Waals surface area (Å²) in [6, 6.07) is 9.37. The summed E-state index contributed by atoms with van der Waals surface area (Å²) in [4.78, 5) is 0. The average molecular weight is 327 g/mol. The van der Waals surface area contributed by atoms with Crippen LogP contribution in [0.3, 0.4) is 0 Å². The first-order chi connectivity index (χ1) is 10.4. The molecule has 0 saturated heterocycles. The minimum Gasteiger partial charge on any atom is -0.383 e. The van der Waals surface area contributed by atoms with Crippen LogP contribution in [0.5, 0.6) is 0 Å². The zero-order valence-electron chi connectivity index (χ0n) is 11.5. The van der Waals surface area contributed by atoms with Gasteiger partial charge in [0, 0.05) is 11.1 Å². The van der Waals surface area contributed by atoms with Crippen molar-refractivity contribution in [2.24, 2.45) is 0 Å². The lowest BCUT2D eigenvalue weighted by Crippen LogP contribution is -2.30. The summed E-state index contributed by atoms with van der Waals surface area (Å²) in [5.41, 5.74) is 2.41. The Balaban J connectivity index is 2.03. The second kappa shape index (κ2) is 5.44. The second-order valence-electron chi connectivity index (χ2n) is 4.89. The molecule has 2 heterocycles. The third kappa shape index (κ3) is 2.64. The molecule has 1 atom stereocenters. The van der Waals surface area contributed by atoms with Gasteiger partial charge < -0.3 is 5.11 Å². The van der Waals surface area contributed by atoms with Gasteiger partial charge in [0.2, 0.25) is 0 Å². The largest absolute Gasteiger partial charge is 0.415 e. The standard InChI is InChI=1S/C14H12F3N3OS/c1-8-6-12-18-19-13(22-7-11(21)14(15,16)17)20(12)10-5-3-2-4-9(8)10/h2-6,11,21H,7H2,1H3. The molecule has 116 valence electrons. The third-order valence-corrected chi connectivity index (χ3v) is 4.33. The number of aromatic nitrogens is 3. The summed E-state index contributed by atoms with van der Waals surface area (Å²) >= 11 is 0.832. The van der Waals surface area contributed by atoms with E-state index in [1.54, 1.807) is 4.40 Å². The minimum atomic E-state index is -4.63. The molecule has 0 saturated carbocycles. The lowest BCUT2D eigenvalue weighted by atomic mass is 10.1. The number of hydrogen-bond acceptors (Lipinski definition) is 4. The number of benzene rings is 1. The van der Waals surface area contributed by atoms with Crippen LogP contribution < -0.4 is 0 Å². The molecule has 0 radical (unpaired) electrons. The molecule has 0 bridgehead atoms. The van der Waals surface area contributed by atoms with Gasteiger partial charge in [0.1, 0.15) is 0 Å². The fourth-order valence-corrected chi connectivity index (χ4v) is 3.13. The Kier molecular flexibility index (Phi) is 3.73. The van der Waals surface area contributed by atoms with Gasteiger partial charge in [-0.1, -0.05) is 30.0 Å². The van der Waals surface area contributed by atoms with Crippen molar-refractivity contribution >= 4 is 28.3 Å². The minimum absolute atomic E-state index is 0.328. The predicted octanol–water partition coefficient (Wildman–Crippen LogP) is 3.21. The normalized spacial score (nSPS) is 13.9. The van der Waals surface area contributed by atoms with Crippen LogP contribution in [0.1, 0.15) is 5.56 Å². The molecule has 0 spiro atoms. The molecule has 0 aliphatic heterocycles. The van der Waals surface area contributed by atoms with Crippen LogP contribution in [0, 0.1) is 6.92 Å². The van der Waals surface area contributed by atoms with E-state index in [0.29, 0.717) is 10.8 Å². The van der Waals surface area contributed by atoms with Gasteiger partial charge in [-0.05, 0) is 24.6 Å². The number of nitrogens with zero attached hydrogens (tertiary/aromatic N) is 3. The number of aryl methyl sites for hydroxylation is 1. The van der Waals surface area contributed by atoms with Gasteiger partial charge in [0.05, 0.1) is 5.52 Å². The second-order valence-corrected chi connectivity index (χ2v) is 5.88. The third-order valence-electron chi connectivity index (χ3n) is 3.32. The summed E-state index contributed by atoms with van der Waals surface area (Å²) in [6.07, 6.45) is -7.02. The smallest absolute Gasteiger partial charge is 0.383 e. The highest BCUT2D eigenvalue weighted by Gasteiger charge is 2.38. The number of pyridine rings is 1. The van der Waals surface area contributed by atoms with E-state index in [0.717, 1.165) is 28.2 Å². The van der Waals surface area contributed by atoms with Crippen LogP contribution in [0.2, 0.25) is 0 Å². The Morgan fingerprint density at radius 3 is 2.73 bits per heavy atom. The van der Waals surface area contributed by atoms with Crippen LogP contribution in [-0.4, -0.2) is 37.7 Å². The van der Waals surface area contributed by atoms with Gasteiger partial charge in [-0.3, -0.25) is 4.40 Å². The van der Waals surface area contributed by atoms with Crippen LogP contribution in [0.25, 0.3) is 16.6 Å². The van der Waals surface area contributed by atoms with E-state index < -0.39 is 18.0 Å². The molecule has 2 aromatic heterocycles. The molecule has 0 aliphatic rings. The van der Waals surface area contributed by atoms with E-state index in [2.05, 4.69) is 10.2 Å². The molecule has 3 rings (SSSR count). The maximum Gasteiger partial charge on any atom is 0.415 e. The SMILES string of the molecule is Cc1cc2nnc(SCC(O)C(F)(F)F)n2c2ccccc12. The van der Waals surface area contributed by atoms with Crippen LogP contribution in [-0.2, 0) is 0 Å². The molecule has 0 fully saturated rings. The first-order valence-electron chi connectivity index (χ1n) is 6.49. The zero-order valence-corrected chi connectivity index (χ0v) is 12.3. The monoisotopic (exact) mass is 327 g/mol. The molecule has 3 aromatic rings. The van der Waals surface area contributed by atoms with E-state index in [1.807, 2.05) is 37.3 Å². The molecule has 8 heteroatoms. The van der Waals surface area contributed by atoms with E-state index in [9.17, 15) is 13.2 Å². The molecule has 1 aromatic carbocycles. The highest BCUT2D eigenvalue weighted by Crippen LogP contribution is 2.29. The quantitative estimate of drug-likeness (QED) is 0.751. The van der Waals surface area contributed by atoms with Crippen molar-refractivity contribution in [1.82, 2.24) is 14.6 Å². The highest BCUT2D eigenvalue weighted by molar-refractivity contribution is 7.99. The van der Waals surface area contributed by atoms with Crippen molar-refractivity contribution in [3.63, 3.8) is 0 Å². The fraction of sp³-hybridized carbons (Fsp3) is 0.286. The lowest BCUT2D eigenvalue weighted by molar-refractivity contribution is -0.195. The number of halogens is 3. The predicted molar refractivity (Wildman–Crippen MR) is 78.0 cm³/mol. The Hall–Kier alpha value is -1.80. The van der Waals surface area contributed by atoms with Gasteiger partial charge in [-0.25, -0.2) is 0 Å². The summed E-state index contributed by atoms with van der Waals surface area (Å²) < 4.78 is 38.9. The van der Waals surface area contributed by atoms with E-state index in [4.69, 9.17) is 5.11 Å². The number of alkyl halides is 3. The average Bonchev–Trinajstić information content (AvgIpc) is 2.87. The maximum absolute atomic E-state index is 12.4. The van der Waals surface area contributed by atoms with Crippen molar-refractivity contribution in [1.29, 1.82) is 0 Å². The number of aliphatic hydroxyl groups is 1. The molecule has 1 N–H and O–H groups in total. The molecular weight excluding hydrogens is 315 g/mol. The lowest BCUT2D eigenvalue weighted by Gasteiger charge is -2.13. The number of fused-ring (bicyclic) bond motifs is 3. The van der Waals surface area contributed by atoms with Gasteiger partial charge in [0.25, 0.3) is 0 Å². The number of hydrogen-bond donors (Lipinski definition) is 1. The van der Waals surface area contributed by atoms with Gasteiger partial charge in [-0.2, -0.15) is 13.2 Å². The molecule has 0 aliphatic carbocycles. The Morgan fingerprint density at radius 1 is 1.27 bits per heavy atom. The van der Waals surface area contributed by atoms with Crippen molar-refractivity contribution in [3.05, 3.63) is 35.9 Å². The van der Waals surface area contributed by atoms with Crippen molar-refractivity contribution in [2.75, 3.05) is 5.75 Å². The van der Waals surface area contributed by atoms with E-state index in [-0.39, 0.29) is 0 Å². The maximum atomic E-state index is 12.4. The van der Waals surface area contributed by atoms with E-state index in [1.165, 1.54) is 0 Å². The van der Waals surface area contributed by atoms with Crippen LogP contribution >= 0.6 is 11.8 Å². The topological polar surface area (TPSA) is 50.4 Å². The van der Waals surface area contributed by atoms with E-state index >= 15 is 0 Å². The molecule has 1 unspecified atom stereocenters. The fourth-order valence-electron chi connectivity index (χ4n) is 2.22. The van der Waals surface area contributed by atoms with Gasteiger partial charge in [0.15, 0.2) is 16.9 Å². The van der Waals surface area contributed by atoms with Gasteiger partial charge in [-0.15, -0.1) is 10.2 Å². The summed E-state index contributed by atoms with van der Waals surface area (Å²) in [5, 5.41) is 18.4.